The Morgan fingerprint density at radius 3 is 2.85 bits per heavy atom. The van der Waals surface area contributed by atoms with E-state index in [2.05, 4.69) is 5.32 Å². The van der Waals surface area contributed by atoms with Crippen LogP contribution in [0.15, 0.2) is 24.3 Å². The molecule has 1 aromatic rings. The number of halogens is 1. The molecule has 4 rings (SSSR count). The number of benzene rings is 1. The highest BCUT2D eigenvalue weighted by molar-refractivity contribution is 5.79. The van der Waals surface area contributed by atoms with Gasteiger partial charge >= 0.3 is 6.03 Å². The molecule has 0 bridgehead atoms. The van der Waals surface area contributed by atoms with Gasteiger partial charge in [0.15, 0.2) is 0 Å². The first-order chi connectivity index (χ1) is 12.6. The molecule has 3 fully saturated rings. The van der Waals surface area contributed by atoms with E-state index in [4.69, 9.17) is 4.74 Å². The second-order valence-electron chi connectivity index (χ2n) is 7.44. The van der Waals surface area contributed by atoms with Crippen molar-refractivity contribution in [2.24, 2.45) is 5.92 Å². The van der Waals surface area contributed by atoms with Crippen molar-refractivity contribution in [2.45, 2.75) is 31.4 Å². The van der Waals surface area contributed by atoms with Crippen LogP contribution in [0, 0.1) is 11.7 Å². The number of nitrogens with one attached hydrogen (secondary N) is 1. The van der Waals surface area contributed by atoms with Crippen molar-refractivity contribution >= 4 is 11.9 Å². The zero-order valence-corrected chi connectivity index (χ0v) is 14.7. The molecule has 0 unspecified atom stereocenters. The molecule has 3 amide bonds. The molecule has 3 heterocycles. The molecular formula is C19H24FN3O3. The molecule has 7 heteroatoms. The monoisotopic (exact) mass is 361 g/mol. The average Bonchev–Trinajstić information content (AvgIpc) is 2.61. The van der Waals surface area contributed by atoms with Crippen LogP contribution in [0.3, 0.4) is 0 Å². The lowest BCUT2D eigenvalue weighted by atomic mass is 9.92. The number of amides is 3. The number of ether oxygens (including phenoxy) is 1. The van der Waals surface area contributed by atoms with Crippen LogP contribution in [0.2, 0.25) is 0 Å². The molecule has 3 aliphatic heterocycles. The van der Waals surface area contributed by atoms with Crippen LogP contribution in [0.4, 0.5) is 9.18 Å². The number of hydrogen-bond acceptors (Lipinski definition) is 3. The second-order valence-corrected chi connectivity index (χ2v) is 7.44. The Bertz CT molecular complexity index is 692. The van der Waals surface area contributed by atoms with Gasteiger partial charge in [0.2, 0.25) is 5.91 Å². The molecule has 0 saturated carbocycles. The maximum absolute atomic E-state index is 13.7. The van der Waals surface area contributed by atoms with Gasteiger partial charge in [0.05, 0.1) is 12.1 Å². The molecule has 1 aromatic carbocycles. The summed E-state index contributed by atoms with van der Waals surface area (Å²) >= 11 is 0. The first-order valence-corrected chi connectivity index (χ1v) is 9.28. The van der Waals surface area contributed by atoms with Crippen molar-refractivity contribution in [3.8, 4) is 0 Å². The second kappa shape index (κ2) is 7.23. The van der Waals surface area contributed by atoms with E-state index >= 15 is 0 Å². The normalized spacial score (nSPS) is 26.1. The van der Waals surface area contributed by atoms with Gasteiger partial charge in [0, 0.05) is 26.2 Å². The predicted octanol–water partition coefficient (Wildman–Crippen LogP) is 1.40. The molecule has 1 N–H and O–H groups in total. The smallest absolute Gasteiger partial charge is 0.320 e. The van der Waals surface area contributed by atoms with Crippen LogP contribution in [0.5, 0.6) is 0 Å². The summed E-state index contributed by atoms with van der Waals surface area (Å²) in [6.45, 7) is 2.73. The van der Waals surface area contributed by atoms with Crippen molar-refractivity contribution in [1.29, 1.82) is 0 Å². The number of piperidine rings is 1. The van der Waals surface area contributed by atoms with E-state index in [0.717, 1.165) is 31.5 Å². The highest BCUT2D eigenvalue weighted by Crippen LogP contribution is 2.25. The molecule has 0 spiro atoms. The standard InChI is InChI=1S/C19H24FN3O3/c20-15-4-2-1-3-14(15)6-5-13-9-23(10-13)19(25)22-8-7-17-16(11-22)21-18(24)12-26-17/h1-4,13,16-17H,5-12H2,(H,21,24)/t16-,17+/m1/s1. The maximum Gasteiger partial charge on any atom is 0.320 e. The van der Waals surface area contributed by atoms with E-state index < -0.39 is 0 Å². The molecule has 6 nitrogen and oxygen atoms in total. The van der Waals surface area contributed by atoms with E-state index in [0.29, 0.717) is 25.4 Å². The van der Waals surface area contributed by atoms with Gasteiger partial charge in [0.25, 0.3) is 0 Å². The lowest BCUT2D eigenvalue weighted by molar-refractivity contribution is -0.139. The average molecular weight is 361 g/mol. The number of fused-ring (bicyclic) bond motifs is 1. The van der Waals surface area contributed by atoms with Crippen LogP contribution < -0.4 is 5.32 Å². The SMILES string of the molecule is O=C1CO[C@H]2CCN(C(=O)N3CC(CCc4ccccc4F)C3)C[C@H]2N1. The fourth-order valence-electron chi connectivity index (χ4n) is 4.04. The number of urea groups is 1. The van der Waals surface area contributed by atoms with Gasteiger partial charge in [-0.3, -0.25) is 4.79 Å². The fourth-order valence-corrected chi connectivity index (χ4v) is 4.04. The van der Waals surface area contributed by atoms with E-state index in [1.54, 1.807) is 6.07 Å². The van der Waals surface area contributed by atoms with Crippen LogP contribution in [-0.2, 0) is 16.0 Å². The van der Waals surface area contributed by atoms with Gasteiger partial charge < -0.3 is 19.9 Å². The minimum absolute atomic E-state index is 0.0154. The number of rotatable bonds is 3. The topological polar surface area (TPSA) is 61.9 Å². The summed E-state index contributed by atoms with van der Waals surface area (Å²) in [5.74, 6) is 0.158. The number of likely N-dealkylation sites (tertiary alicyclic amines) is 2. The third kappa shape index (κ3) is 3.53. The summed E-state index contributed by atoms with van der Waals surface area (Å²) in [6, 6.07) is 6.79. The molecule has 0 radical (unpaired) electrons. The van der Waals surface area contributed by atoms with Crippen LogP contribution >= 0.6 is 0 Å². The van der Waals surface area contributed by atoms with Gasteiger partial charge in [-0.1, -0.05) is 18.2 Å². The van der Waals surface area contributed by atoms with E-state index in [-0.39, 0.29) is 36.5 Å². The summed E-state index contributed by atoms with van der Waals surface area (Å²) < 4.78 is 19.2. The highest BCUT2D eigenvalue weighted by Gasteiger charge is 2.39. The summed E-state index contributed by atoms with van der Waals surface area (Å²) in [5, 5.41) is 2.92. The quantitative estimate of drug-likeness (QED) is 0.885. The molecule has 3 saturated heterocycles. The number of aryl methyl sites for hydroxylation is 1. The molecule has 3 aliphatic rings. The van der Waals surface area contributed by atoms with Gasteiger partial charge in [-0.05, 0) is 36.8 Å². The van der Waals surface area contributed by atoms with E-state index in [9.17, 15) is 14.0 Å². The Labute approximate surface area is 152 Å². The Kier molecular flexibility index (Phi) is 4.80. The molecule has 0 aromatic heterocycles. The molecule has 0 aliphatic carbocycles. The van der Waals surface area contributed by atoms with Gasteiger partial charge in [-0.25, -0.2) is 9.18 Å². The predicted molar refractivity (Wildman–Crippen MR) is 93.0 cm³/mol. The maximum atomic E-state index is 13.7. The van der Waals surface area contributed by atoms with Crippen molar-refractivity contribution in [2.75, 3.05) is 32.8 Å². The van der Waals surface area contributed by atoms with Crippen molar-refractivity contribution in [1.82, 2.24) is 15.1 Å². The van der Waals surface area contributed by atoms with Gasteiger partial charge in [0.1, 0.15) is 12.4 Å². The van der Waals surface area contributed by atoms with Crippen LogP contribution in [-0.4, -0.2) is 66.7 Å². The number of nitrogens with zero attached hydrogens (tertiary/aromatic N) is 2. The fraction of sp³-hybridized carbons (Fsp3) is 0.579. The third-order valence-corrected chi connectivity index (χ3v) is 5.60. The van der Waals surface area contributed by atoms with Gasteiger partial charge in [-0.15, -0.1) is 0 Å². The minimum Gasteiger partial charge on any atom is -0.366 e. The summed E-state index contributed by atoms with van der Waals surface area (Å²) in [5.41, 5.74) is 0.743. The first-order valence-electron chi connectivity index (χ1n) is 9.28. The van der Waals surface area contributed by atoms with Crippen LogP contribution in [0.25, 0.3) is 0 Å². The minimum atomic E-state index is -0.153. The number of carbonyl (C=O) groups is 2. The molecular weight excluding hydrogens is 337 g/mol. The highest BCUT2D eigenvalue weighted by atomic mass is 19.1. The molecule has 26 heavy (non-hydrogen) atoms. The Morgan fingerprint density at radius 2 is 2.04 bits per heavy atom. The lowest BCUT2D eigenvalue weighted by Crippen LogP contribution is -2.64. The lowest BCUT2D eigenvalue weighted by Gasteiger charge is -2.46. The Morgan fingerprint density at radius 1 is 1.23 bits per heavy atom. The molecule has 140 valence electrons. The number of hydrogen-bond donors (Lipinski definition) is 1. The number of carbonyl (C=O) groups excluding carboxylic acids is 2. The van der Waals surface area contributed by atoms with Crippen molar-refractivity contribution < 1.29 is 18.7 Å². The Hall–Kier alpha value is -2.15. The van der Waals surface area contributed by atoms with Gasteiger partial charge in [-0.2, -0.15) is 0 Å². The third-order valence-electron chi connectivity index (χ3n) is 5.60. The first kappa shape index (κ1) is 17.3. The molecule has 2 atom stereocenters. The summed E-state index contributed by atoms with van der Waals surface area (Å²) in [7, 11) is 0. The number of morpholine rings is 1. The van der Waals surface area contributed by atoms with Crippen LogP contribution in [0.1, 0.15) is 18.4 Å². The van der Waals surface area contributed by atoms with E-state index in [1.807, 2.05) is 21.9 Å². The summed E-state index contributed by atoms with van der Waals surface area (Å²) in [4.78, 5) is 27.8. The summed E-state index contributed by atoms with van der Waals surface area (Å²) in [6.07, 6.45) is 2.36. The van der Waals surface area contributed by atoms with Crippen molar-refractivity contribution in [3.05, 3.63) is 35.6 Å². The van der Waals surface area contributed by atoms with E-state index in [1.165, 1.54) is 6.07 Å². The largest absolute Gasteiger partial charge is 0.366 e. The van der Waals surface area contributed by atoms with Crippen molar-refractivity contribution in [3.63, 3.8) is 0 Å². The zero-order valence-electron chi connectivity index (χ0n) is 14.7. The zero-order chi connectivity index (χ0) is 18.1. The Balaban J connectivity index is 1.23.